The second-order valence-electron chi connectivity index (χ2n) is 6.01. The molecular weight excluding hydrogens is 260 g/mol. The van der Waals surface area contributed by atoms with Crippen molar-refractivity contribution in [1.29, 1.82) is 0 Å². The fourth-order valence-electron chi connectivity index (χ4n) is 2.96. The van der Waals surface area contributed by atoms with E-state index in [2.05, 4.69) is 58.4 Å². The molecule has 0 spiro atoms. The van der Waals surface area contributed by atoms with Crippen molar-refractivity contribution in [2.45, 2.75) is 20.4 Å². The first-order valence-electron chi connectivity index (χ1n) is 7.64. The summed E-state index contributed by atoms with van der Waals surface area (Å²) in [7, 11) is 2.06. The number of aryl methyl sites for hydroxylation is 3. The molecule has 0 radical (unpaired) electrons. The van der Waals surface area contributed by atoms with Gasteiger partial charge in [0.1, 0.15) is 5.82 Å². The minimum absolute atomic E-state index is 0.949. The van der Waals surface area contributed by atoms with E-state index in [4.69, 9.17) is 0 Å². The van der Waals surface area contributed by atoms with E-state index >= 15 is 0 Å². The molecule has 21 heavy (non-hydrogen) atoms. The van der Waals surface area contributed by atoms with Crippen molar-refractivity contribution < 1.29 is 0 Å². The average molecular weight is 284 g/mol. The van der Waals surface area contributed by atoms with E-state index in [0.29, 0.717) is 0 Å². The van der Waals surface area contributed by atoms with E-state index in [1.807, 2.05) is 12.4 Å². The van der Waals surface area contributed by atoms with E-state index in [9.17, 15) is 0 Å². The molecule has 0 saturated carbocycles. The number of imidazole rings is 1. The zero-order valence-corrected chi connectivity index (χ0v) is 13.2. The summed E-state index contributed by atoms with van der Waals surface area (Å²) < 4.78 is 2.11. The van der Waals surface area contributed by atoms with E-state index in [0.717, 1.165) is 38.5 Å². The number of aromatic nitrogens is 2. The molecule has 2 heterocycles. The van der Waals surface area contributed by atoms with Crippen molar-refractivity contribution in [3.05, 3.63) is 47.5 Å². The Bertz CT molecular complexity index is 609. The molecule has 1 aromatic carbocycles. The van der Waals surface area contributed by atoms with Crippen LogP contribution >= 0.6 is 0 Å². The molecule has 1 aliphatic rings. The van der Waals surface area contributed by atoms with Crippen molar-refractivity contribution in [2.75, 3.05) is 31.1 Å². The SMILES string of the molecule is Cc1ccc(C)c(N2CCN(Cc3nccn3C)CC2)c1. The minimum atomic E-state index is 0.949. The first-order chi connectivity index (χ1) is 10.1. The largest absolute Gasteiger partial charge is 0.369 e. The highest BCUT2D eigenvalue weighted by atomic mass is 15.3. The van der Waals surface area contributed by atoms with Crippen LogP contribution in [0.25, 0.3) is 0 Å². The van der Waals surface area contributed by atoms with Gasteiger partial charge in [-0.1, -0.05) is 12.1 Å². The summed E-state index contributed by atoms with van der Waals surface area (Å²) in [6, 6.07) is 6.73. The zero-order chi connectivity index (χ0) is 14.8. The molecule has 3 rings (SSSR count). The predicted molar refractivity (Wildman–Crippen MR) is 86.6 cm³/mol. The van der Waals surface area contributed by atoms with Gasteiger partial charge in [0.2, 0.25) is 0 Å². The van der Waals surface area contributed by atoms with Gasteiger partial charge in [-0.05, 0) is 31.0 Å². The van der Waals surface area contributed by atoms with Gasteiger partial charge in [0.25, 0.3) is 0 Å². The Morgan fingerprint density at radius 2 is 1.86 bits per heavy atom. The van der Waals surface area contributed by atoms with Gasteiger partial charge in [0.15, 0.2) is 0 Å². The number of anilines is 1. The third kappa shape index (κ3) is 3.10. The maximum atomic E-state index is 4.42. The molecule has 112 valence electrons. The Kier molecular flexibility index (Phi) is 3.97. The molecule has 0 atom stereocenters. The molecule has 0 aliphatic carbocycles. The zero-order valence-electron chi connectivity index (χ0n) is 13.2. The summed E-state index contributed by atoms with van der Waals surface area (Å²) >= 11 is 0. The average Bonchev–Trinajstić information content (AvgIpc) is 2.88. The van der Waals surface area contributed by atoms with Gasteiger partial charge in [-0.15, -0.1) is 0 Å². The molecule has 1 saturated heterocycles. The summed E-state index contributed by atoms with van der Waals surface area (Å²) in [5.74, 6) is 1.15. The minimum Gasteiger partial charge on any atom is -0.369 e. The smallest absolute Gasteiger partial charge is 0.122 e. The predicted octanol–water partition coefficient (Wildman–Crippen LogP) is 2.36. The highest BCUT2D eigenvalue weighted by Gasteiger charge is 2.19. The van der Waals surface area contributed by atoms with Crippen molar-refractivity contribution in [3.8, 4) is 0 Å². The topological polar surface area (TPSA) is 24.3 Å². The highest BCUT2D eigenvalue weighted by Crippen LogP contribution is 2.23. The van der Waals surface area contributed by atoms with Crippen LogP contribution in [0.1, 0.15) is 17.0 Å². The Hall–Kier alpha value is -1.81. The lowest BCUT2D eigenvalue weighted by molar-refractivity contribution is 0.241. The summed E-state index contributed by atoms with van der Waals surface area (Å²) in [5.41, 5.74) is 4.11. The summed E-state index contributed by atoms with van der Waals surface area (Å²) in [5, 5.41) is 0. The summed E-state index contributed by atoms with van der Waals surface area (Å²) in [4.78, 5) is 9.42. The second kappa shape index (κ2) is 5.90. The van der Waals surface area contributed by atoms with Crippen LogP contribution in [0.3, 0.4) is 0 Å². The highest BCUT2D eigenvalue weighted by molar-refractivity contribution is 5.55. The van der Waals surface area contributed by atoms with E-state index in [1.165, 1.54) is 16.8 Å². The first kappa shape index (κ1) is 14.1. The summed E-state index contributed by atoms with van der Waals surface area (Å²) in [6.45, 7) is 9.70. The normalized spacial score (nSPS) is 16.4. The molecular formula is C17H24N4. The van der Waals surface area contributed by atoms with Gasteiger partial charge in [-0.2, -0.15) is 0 Å². The van der Waals surface area contributed by atoms with Gasteiger partial charge < -0.3 is 9.47 Å². The van der Waals surface area contributed by atoms with Crippen molar-refractivity contribution in [1.82, 2.24) is 14.5 Å². The van der Waals surface area contributed by atoms with Crippen LogP contribution in [0.5, 0.6) is 0 Å². The maximum Gasteiger partial charge on any atom is 0.122 e. The lowest BCUT2D eigenvalue weighted by atomic mass is 10.1. The number of rotatable bonds is 3. The van der Waals surface area contributed by atoms with Crippen LogP contribution in [-0.4, -0.2) is 40.6 Å². The van der Waals surface area contributed by atoms with Crippen molar-refractivity contribution in [2.24, 2.45) is 7.05 Å². The van der Waals surface area contributed by atoms with Crippen LogP contribution in [0.4, 0.5) is 5.69 Å². The van der Waals surface area contributed by atoms with E-state index < -0.39 is 0 Å². The van der Waals surface area contributed by atoms with Crippen molar-refractivity contribution >= 4 is 5.69 Å². The van der Waals surface area contributed by atoms with Crippen LogP contribution in [0, 0.1) is 13.8 Å². The van der Waals surface area contributed by atoms with Crippen LogP contribution in [0.2, 0.25) is 0 Å². The number of piperazine rings is 1. The van der Waals surface area contributed by atoms with Crippen LogP contribution < -0.4 is 4.90 Å². The van der Waals surface area contributed by atoms with E-state index in [-0.39, 0.29) is 0 Å². The second-order valence-corrected chi connectivity index (χ2v) is 6.01. The fourth-order valence-corrected chi connectivity index (χ4v) is 2.96. The van der Waals surface area contributed by atoms with Gasteiger partial charge in [0.05, 0.1) is 6.54 Å². The van der Waals surface area contributed by atoms with Gasteiger partial charge in [-0.25, -0.2) is 4.98 Å². The Labute approximate surface area is 127 Å². The van der Waals surface area contributed by atoms with Crippen LogP contribution in [-0.2, 0) is 13.6 Å². The third-order valence-electron chi connectivity index (χ3n) is 4.36. The fraction of sp³-hybridized carbons (Fsp3) is 0.471. The third-order valence-corrected chi connectivity index (χ3v) is 4.36. The molecule has 1 aliphatic heterocycles. The maximum absolute atomic E-state index is 4.42. The lowest BCUT2D eigenvalue weighted by Gasteiger charge is -2.36. The first-order valence-corrected chi connectivity index (χ1v) is 7.64. The van der Waals surface area contributed by atoms with Gasteiger partial charge >= 0.3 is 0 Å². The lowest BCUT2D eigenvalue weighted by Crippen LogP contribution is -2.46. The molecule has 4 nitrogen and oxygen atoms in total. The number of benzene rings is 1. The quantitative estimate of drug-likeness (QED) is 0.865. The molecule has 0 amide bonds. The summed E-state index contributed by atoms with van der Waals surface area (Å²) in [6.07, 6.45) is 3.89. The Balaban J connectivity index is 1.62. The molecule has 2 aromatic rings. The van der Waals surface area contributed by atoms with Crippen LogP contribution in [0.15, 0.2) is 30.6 Å². The molecule has 0 unspecified atom stereocenters. The molecule has 0 N–H and O–H groups in total. The monoisotopic (exact) mass is 284 g/mol. The molecule has 1 fully saturated rings. The van der Waals surface area contributed by atoms with Gasteiger partial charge in [-0.3, -0.25) is 4.90 Å². The Morgan fingerprint density at radius 1 is 1.10 bits per heavy atom. The molecule has 1 aromatic heterocycles. The molecule has 4 heteroatoms. The molecule has 0 bridgehead atoms. The Morgan fingerprint density at radius 3 is 2.52 bits per heavy atom. The number of hydrogen-bond donors (Lipinski definition) is 0. The van der Waals surface area contributed by atoms with Crippen molar-refractivity contribution in [3.63, 3.8) is 0 Å². The van der Waals surface area contributed by atoms with E-state index in [1.54, 1.807) is 0 Å². The number of nitrogens with zero attached hydrogens (tertiary/aromatic N) is 4. The standard InChI is InChI=1S/C17H24N4/c1-14-4-5-15(2)16(12-14)21-10-8-20(9-11-21)13-17-18-6-7-19(17)3/h4-7,12H,8-11,13H2,1-3H3. The number of hydrogen-bond acceptors (Lipinski definition) is 3. The van der Waals surface area contributed by atoms with Gasteiger partial charge in [0, 0.05) is 51.3 Å².